The lowest BCUT2D eigenvalue weighted by molar-refractivity contribution is 0.319. The number of fused-ring (bicyclic) bond motifs is 1. The Labute approximate surface area is 175 Å². The van der Waals surface area contributed by atoms with Crippen molar-refractivity contribution in [2.45, 2.75) is 57.6 Å². The van der Waals surface area contributed by atoms with E-state index >= 15 is 0 Å². The van der Waals surface area contributed by atoms with Crippen molar-refractivity contribution >= 4 is 15.9 Å². The maximum atomic E-state index is 12.6. The molecule has 0 N–H and O–H groups in total. The Balaban J connectivity index is 1.46. The molecule has 154 valence electrons. The summed E-state index contributed by atoms with van der Waals surface area (Å²) >= 11 is 0. The summed E-state index contributed by atoms with van der Waals surface area (Å²) in [7, 11) is -3.04. The van der Waals surface area contributed by atoms with Crippen LogP contribution in [0.3, 0.4) is 0 Å². The molecule has 0 saturated heterocycles. The maximum Gasteiger partial charge on any atom is 0.155 e. The van der Waals surface area contributed by atoms with Crippen LogP contribution >= 0.6 is 0 Å². The van der Waals surface area contributed by atoms with Crippen LogP contribution in [0, 0.1) is 11.8 Å². The summed E-state index contributed by atoms with van der Waals surface area (Å²) < 4.78 is 24.5. The molecular formula is C25H31NO2S. The molecule has 0 radical (unpaired) electrons. The molecule has 0 spiro atoms. The van der Waals surface area contributed by atoms with Gasteiger partial charge < -0.3 is 0 Å². The molecule has 4 heteroatoms. The minimum atomic E-state index is -3.04. The fraction of sp³-hybridized carbons (Fsp3) is 0.480. The molecule has 0 amide bonds. The molecule has 0 atom stereocenters. The van der Waals surface area contributed by atoms with Gasteiger partial charge >= 0.3 is 0 Å². The van der Waals surface area contributed by atoms with E-state index in [9.17, 15) is 8.42 Å². The highest BCUT2D eigenvalue weighted by atomic mass is 32.2. The van der Waals surface area contributed by atoms with Crippen LogP contribution in [0.25, 0.3) is 17.3 Å². The van der Waals surface area contributed by atoms with Gasteiger partial charge in [0.25, 0.3) is 0 Å². The summed E-state index contributed by atoms with van der Waals surface area (Å²) in [6, 6.07) is 12.6. The van der Waals surface area contributed by atoms with Gasteiger partial charge in [0, 0.05) is 11.8 Å². The van der Waals surface area contributed by atoms with Gasteiger partial charge in [-0.2, -0.15) is 0 Å². The van der Waals surface area contributed by atoms with E-state index in [-0.39, 0.29) is 0 Å². The van der Waals surface area contributed by atoms with Crippen molar-refractivity contribution in [1.82, 2.24) is 4.98 Å². The number of rotatable bonds is 4. The van der Waals surface area contributed by atoms with Gasteiger partial charge in [0.05, 0.1) is 16.2 Å². The normalized spacial score (nSPS) is 22.2. The van der Waals surface area contributed by atoms with Gasteiger partial charge in [0.15, 0.2) is 9.84 Å². The molecule has 1 heterocycles. The van der Waals surface area contributed by atoms with Gasteiger partial charge in [-0.25, -0.2) is 8.42 Å². The monoisotopic (exact) mass is 409 g/mol. The predicted molar refractivity (Wildman–Crippen MR) is 120 cm³/mol. The Kier molecular flexibility index (Phi) is 5.41. The summed E-state index contributed by atoms with van der Waals surface area (Å²) in [4.78, 5) is 4.54. The lowest BCUT2D eigenvalue weighted by Gasteiger charge is -2.31. The summed E-state index contributed by atoms with van der Waals surface area (Å²) in [6.45, 7) is 5.44. The molecule has 2 aliphatic rings. The van der Waals surface area contributed by atoms with Crippen LogP contribution < -0.4 is 0 Å². The predicted octanol–water partition coefficient (Wildman–Crippen LogP) is 5.71. The highest BCUT2D eigenvalue weighted by Crippen LogP contribution is 2.41. The van der Waals surface area contributed by atoms with E-state index in [2.05, 4.69) is 35.3 Å². The van der Waals surface area contributed by atoms with E-state index in [0.717, 1.165) is 37.8 Å². The number of nitrogens with zero attached hydrogens (tertiary/aromatic N) is 1. The molecule has 2 aromatic rings. The third-order valence-corrected chi connectivity index (χ3v) is 9.40. The fourth-order valence-electron chi connectivity index (χ4n) is 4.66. The first kappa shape index (κ1) is 20.3. The first-order valence-electron chi connectivity index (χ1n) is 10.7. The molecule has 1 saturated carbocycles. The zero-order chi connectivity index (χ0) is 20.6. The SMILES string of the molecule is CC(C)(C)S(=O)(=O)CC1CCC(C2=Cc3c(cccc3-c3ccccn3)C2)CC1. The molecule has 4 rings (SSSR count). The highest BCUT2D eigenvalue weighted by Gasteiger charge is 2.34. The van der Waals surface area contributed by atoms with Gasteiger partial charge in [-0.15, -0.1) is 0 Å². The van der Waals surface area contributed by atoms with Gasteiger partial charge in [-0.05, 0) is 88.0 Å². The Hall–Kier alpha value is -1.94. The summed E-state index contributed by atoms with van der Waals surface area (Å²) in [6.07, 6.45) is 9.48. The number of benzene rings is 1. The van der Waals surface area contributed by atoms with Crippen molar-refractivity contribution < 1.29 is 8.42 Å². The molecule has 0 bridgehead atoms. The zero-order valence-electron chi connectivity index (χ0n) is 17.7. The van der Waals surface area contributed by atoms with Gasteiger partial charge in [-0.1, -0.05) is 35.9 Å². The second-order valence-electron chi connectivity index (χ2n) is 9.60. The number of aromatic nitrogens is 1. The van der Waals surface area contributed by atoms with Crippen LogP contribution in [0.2, 0.25) is 0 Å². The standard InChI is InChI=1S/C25H31NO2S/c1-25(2,3)29(27,28)17-18-10-12-19(13-11-18)21-15-20-7-6-8-22(23(20)16-21)24-9-4-5-14-26-24/h4-9,14,16,18-19H,10-13,15,17H2,1-3H3. The Bertz CT molecular complexity index is 1010. The number of sulfone groups is 1. The minimum absolute atomic E-state index is 0.309. The van der Waals surface area contributed by atoms with Crippen LogP contribution in [-0.4, -0.2) is 23.9 Å². The second kappa shape index (κ2) is 7.71. The summed E-state index contributed by atoms with van der Waals surface area (Å²) in [5, 5.41) is 0. The van der Waals surface area contributed by atoms with E-state index in [4.69, 9.17) is 0 Å². The van der Waals surface area contributed by atoms with Crippen molar-refractivity contribution in [1.29, 1.82) is 0 Å². The molecule has 1 fully saturated rings. The lowest BCUT2D eigenvalue weighted by atomic mass is 9.78. The van der Waals surface area contributed by atoms with Crippen molar-refractivity contribution in [3.05, 3.63) is 59.3 Å². The van der Waals surface area contributed by atoms with E-state index in [1.807, 2.05) is 39.1 Å². The van der Waals surface area contributed by atoms with Crippen LogP contribution in [0.1, 0.15) is 57.6 Å². The number of pyridine rings is 1. The van der Waals surface area contributed by atoms with Gasteiger partial charge in [0.1, 0.15) is 0 Å². The van der Waals surface area contributed by atoms with Crippen molar-refractivity contribution in [3.63, 3.8) is 0 Å². The molecule has 2 aliphatic carbocycles. The van der Waals surface area contributed by atoms with E-state index < -0.39 is 14.6 Å². The highest BCUT2D eigenvalue weighted by molar-refractivity contribution is 7.92. The van der Waals surface area contributed by atoms with Crippen molar-refractivity contribution in [3.8, 4) is 11.3 Å². The molecule has 1 aromatic carbocycles. The second-order valence-corrected chi connectivity index (χ2v) is 12.4. The molecular weight excluding hydrogens is 378 g/mol. The maximum absolute atomic E-state index is 12.6. The third-order valence-electron chi connectivity index (χ3n) is 6.62. The molecule has 0 aliphatic heterocycles. The minimum Gasteiger partial charge on any atom is -0.256 e. The van der Waals surface area contributed by atoms with Crippen LogP contribution in [-0.2, 0) is 16.3 Å². The first-order valence-corrected chi connectivity index (χ1v) is 12.4. The quantitative estimate of drug-likeness (QED) is 0.650. The van der Waals surface area contributed by atoms with Crippen LogP contribution in [0.5, 0.6) is 0 Å². The Morgan fingerprint density at radius 2 is 1.76 bits per heavy atom. The third kappa shape index (κ3) is 4.18. The summed E-state index contributed by atoms with van der Waals surface area (Å²) in [5.74, 6) is 1.23. The molecule has 3 nitrogen and oxygen atoms in total. The smallest absolute Gasteiger partial charge is 0.155 e. The molecule has 29 heavy (non-hydrogen) atoms. The van der Waals surface area contributed by atoms with Crippen LogP contribution in [0.15, 0.2) is 48.2 Å². The average molecular weight is 410 g/mol. The number of hydrogen-bond donors (Lipinski definition) is 0. The lowest BCUT2D eigenvalue weighted by Crippen LogP contribution is -2.34. The van der Waals surface area contributed by atoms with E-state index in [1.54, 1.807) is 0 Å². The van der Waals surface area contributed by atoms with Crippen molar-refractivity contribution in [2.75, 3.05) is 5.75 Å². The molecule has 1 aromatic heterocycles. The van der Waals surface area contributed by atoms with E-state index in [0.29, 0.717) is 17.6 Å². The average Bonchev–Trinajstić information content (AvgIpc) is 3.12. The first-order chi connectivity index (χ1) is 13.7. The van der Waals surface area contributed by atoms with Crippen LogP contribution in [0.4, 0.5) is 0 Å². The van der Waals surface area contributed by atoms with Gasteiger partial charge in [0.2, 0.25) is 0 Å². The van der Waals surface area contributed by atoms with Gasteiger partial charge in [-0.3, -0.25) is 4.98 Å². The summed E-state index contributed by atoms with van der Waals surface area (Å²) in [5.41, 5.74) is 6.46. The zero-order valence-corrected chi connectivity index (χ0v) is 18.5. The fourth-order valence-corrected chi connectivity index (χ4v) is 6.12. The Morgan fingerprint density at radius 1 is 1.00 bits per heavy atom. The number of hydrogen-bond acceptors (Lipinski definition) is 3. The Morgan fingerprint density at radius 3 is 2.41 bits per heavy atom. The number of allylic oxidation sites excluding steroid dienone is 1. The topological polar surface area (TPSA) is 47.0 Å². The molecule has 0 unspecified atom stereocenters. The largest absolute Gasteiger partial charge is 0.256 e. The van der Waals surface area contributed by atoms with E-state index in [1.165, 1.54) is 22.3 Å². The van der Waals surface area contributed by atoms with Crippen molar-refractivity contribution in [2.24, 2.45) is 11.8 Å².